The Balaban J connectivity index is 1.89. The smallest absolute Gasteiger partial charge is 0.354 e. The molecule has 2 heterocycles. The predicted octanol–water partition coefficient (Wildman–Crippen LogP) is 3.56. The largest absolute Gasteiger partial charge is 0.424 e. The molecule has 0 N–H and O–H groups in total. The lowest BCUT2D eigenvalue weighted by molar-refractivity contribution is -0.188. The number of alkyl halides is 3. The first-order valence-corrected chi connectivity index (χ1v) is 9.80. The average molecular weight is 389 g/mol. The lowest BCUT2D eigenvalue weighted by Gasteiger charge is -2.34. The maximum absolute atomic E-state index is 13.8. The molecule has 0 saturated carbocycles. The molecule has 0 radical (unpaired) electrons. The van der Waals surface area contributed by atoms with Gasteiger partial charge in [-0.25, -0.2) is 0 Å². The maximum atomic E-state index is 13.8. The fourth-order valence-electron chi connectivity index (χ4n) is 3.58. The van der Waals surface area contributed by atoms with E-state index >= 15 is 0 Å². The number of rotatable bonds is 5. The zero-order chi connectivity index (χ0) is 19.2. The monoisotopic (exact) mass is 389 g/mol. The second kappa shape index (κ2) is 6.73. The van der Waals surface area contributed by atoms with Crippen LogP contribution in [0.5, 0.6) is 0 Å². The van der Waals surface area contributed by atoms with Crippen LogP contribution in [-0.4, -0.2) is 53.5 Å². The summed E-state index contributed by atoms with van der Waals surface area (Å²) in [6.45, 7) is 3.71. The summed E-state index contributed by atoms with van der Waals surface area (Å²) in [7, 11) is 0. The van der Waals surface area contributed by atoms with Gasteiger partial charge in [0.15, 0.2) is 6.10 Å². The van der Waals surface area contributed by atoms with Crippen LogP contribution in [0.3, 0.4) is 0 Å². The van der Waals surface area contributed by atoms with Crippen molar-refractivity contribution >= 4 is 17.7 Å². The third-order valence-corrected chi connectivity index (χ3v) is 5.57. The maximum Gasteiger partial charge on any atom is 0.424 e. The summed E-state index contributed by atoms with van der Waals surface area (Å²) >= 11 is 1.62. The minimum Gasteiger partial charge on any atom is -0.354 e. The van der Waals surface area contributed by atoms with E-state index in [-0.39, 0.29) is 11.6 Å². The Bertz CT molecular complexity index is 667. The van der Waals surface area contributed by atoms with Crippen molar-refractivity contribution in [3.05, 3.63) is 35.9 Å². The molecule has 0 spiro atoms. The van der Waals surface area contributed by atoms with Gasteiger partial charge >= 0.3 is 6.18 Å². The van der Waals surface area contributed by atoms with E-state index in [0.29, 0.717) is 13.0 Å². The topological polar surface area (TPSA) is 42.1 Å². The molecule has 0 aromatic heterocycles. The summed E-state index contributed by atoms with van der Waals surface area (Å²) in [5, 5.41) is 0. The first-order valence-electron chi connectivity index (χ1n) is 8.41. The van der Waals surface area contributed by atoms with Crippen molar-refractivity contribution in [3.8, 4) is 0 Å². The number of ether oxygens (including phenoxy) is 2. The van der Waals surface area contributed by atoms with Gasteiger partial charge in [-0.3, -0.25) is 4.79 Å². The highest BCUT2D eigenvalue weighted by Crippen LogP contribution is 2.58. The van der Waals surface area contributed by atoms with Crippen LogP contribution < -0.4 is 0 Å². The van der Waals surface area contributed by atoms with E-state index in [1.165, 1.54) is 29.2 Å². The Morgan fingerprint density at radius 2 is 1.96 bits per heavy atom. The van der Waals surface area contributed by atoms with E-state index in [9.17, 15) is 18.0 Å². The molecule has 1 aromatic carbocycles. The van der Waals surface area contributed by atoms with Crippen molar-refractivity contribution in [2.45, 2.75) is 49.9 Å². The molecule has 0 unspecified atom stereocenters. The number of epoxide rings is 1. The molecule has 0 aliphatic carbocycles. The van der Waals surface area contributed by atoms with Crippen molar-refractivity contribution in [3.63, 3.8) is 0 Å². The van der Waals surface area contributed by atoms with Gasteiger partial charge in [0.25, 0.3) is 5.91 Å². The summed E-state index contributed by atoms with van der Waals surface area (Å²) in [5.41, 5.74) is -3.58. The number of nitrogens with zero attached hydrogens (tertiary/aromatic N) is 1. The Hall–Kier alpha value is -1.25. The quantitative estimate of drug-likeness (QED) is 0.723. The summed E-state index contributed by atoms with van der Waals surface area (Å²) in [4.78, 5) is 14.5. The van der Waals surface area contributed by atoms with E-state index in [4.69, 9.17) is 9.47 Å². The van der Waals surface area contributed by atoms with Crippen LogP contribution in [0.4, 0.5) is 13.2 Å². The average Bonchev–Trinajstić information content (AvgIpc) is 3.28. The number of carbonyl (C=O) groups is 1. The van der Waals surface area contributed by atoms with Crippen molar-refractivity contribution in [1.82, 2.24) is 4.90 Å². The Morgan fingerprint density at radius 3 is 2.54 bits per heavy atom. The van der Waals surface area contributed by atoms with Crippen molar-refractivity contribution < 1.29 is 27.4 Å². The predicted molar refractivity (Wildman–Crippen MR) is 92.7 cm³/mol. The standard InChI is InChI=1S/C18H22F3NO3S/c1-16(2)22(13(11-24-16)9-10-26-3)15(23)14-17(25-14,18(19,20)21)12-7-5-4-6-8-12/h4-8,13-14H,9-11H2,1-3H3/t13-,14+,17+/m1/s1. The first-order chi connectivity index (χ1) is 12.1. The van der Waals surface area contributed by atoms with Gasteiger partial charge in [0, 0.05) is 0 Å². The van der Waals surface area contributed by atoms with Gasteiger partial charge in [0.05, 0.1) is 12.6 Å². The zero-order valence-electron chi connectivity index (χ0n) is 14.9. The Morgan fingerprint density at radius 1 is 1.31 bits per heavy atom. The van der Waals surface area contributed by atoms with Gasteiger partial charge < -0.3 is 14.4 Å². The van der Waals surface area contributed by atoms with Crippen molar-refractivity contribution in [1.29, 1.82) is 0 Å². The van der Waals surface area contributed by atoms with E-state index in [1.54, 1.807) is 31.7 Å². The minimum absolute atomic E-state index is 0.0514. The van der Waals surface area contributed by atoms with Crippen LogP contribution in [0.15, 0.2) is 30.3 Å². The molecule has 1 amide bonds. The third kappa shape index (κ3) is 3.12. The van der Waals surface area contributed by atoms with E-state index in [2.05, 4.69) is 0 Å². The van der Waals surface area contributed by atoms with Crippen LogP contribution in [0.2, 0.25) is 0 Å². The molecule has 2 aliphatic rings. The molecular weight excluding hydrogens is 367 g/mol. The summed E-state index contributed by atoms with van der Waals surface area (Å²) in [6.07, 6.45) is -3.66. The minimum atomic E-state index is -4.69. The van der Waals surface area contributed by atoms with Gasteiger partial charge in [-0.1, -0.05) is 30.3 Å². The number of carbonyl (C=O) groups excluding carboxylic acids is 1. The Labute approximate surface area is 155 Å². The highest BCUT2D eigenvalue weighted by atomic mass is 32.2. The van der Waals surface area contributed by atoms with Crippen LogP contribution in [0, 0.1) is 0 Å². The Kier molecular flexibility index (Phi) is 5.05. The van der Waals surface area contributed by atoms with Gasteiger partial charge in [-0.15, -0.1) is 0 Å². The fourth-order valence-corrected chi connectivity index (χ4v) is 4.09. The van der Waals surface area contributed by atoms with Gasteiger partial charge in [-0.2, -0.15) is 24.9 Å². The highest BCUT2D eigenvalue weighted by molar-refractivity contribution is 7.98. The molecule has 8 heteroatoms. The molecule has 144 valence electrons. The van der Waals surface area contributed by atoms with E-state index < -0.39 is 29.5 Å². The van der Waals surface area contributed by atoms with Crippen LogP contribution >= 0.6 is 11.8 Å². The van der Waals surface area contributed by atoms with Gasteiger partial charge in [-0.05, 0) is 37.8 Å². The lowest BCUT2D eigenvalue weighted by Crippen LogP contribution is -2.51. The molecule has 2 saturated heterocycles. The number of halogens is 3. The SMILES string of the molecule is CSCC[C@@H]1COC(C)(C)N1C(=O)[C@@H]1O[C@]1(c1ccccc1)C(F)(F)F. The number of hydrogen-bond donors (Lipinski definition) is 0. The van der Waals surface area contributed by atoms with Crippen LogP contribution in [0.25, 0.3) is 0 Å². The summed E-state index contributed by atoms with van der Waals surface area (Å²) < 4.78 is 52.3. The third-order valence-electron chi connectivity index (χ3n) is 4.93. The first kappa shape index (κ1) is 19.5. The van der Waals surface area contributed by atoms with E-state index in [0.717, 1.165) is 5.75 Å². The normalized spacial score (nSPS) is 30.5. The fraction of sp³-hybridized carbons (Fsp3) is 0.611. The van der Waals surface area contributed by atoms with Crippen LogP contribution in [-0.2, 0) is 19.9 Å². The molecule has 3 rings (SSSR count). The van der Waals surface area contributed by atoms with Crippen molar-refractivity contribution in [2.24, 2.45) is 0 Å². The molecule has 3 atom stereocenters. The molecule has 4 nitrogen and oxygen atoms in total. The van der Waals surface area contributed by atoms with Crippen molar-refractivity contribution in [2.75, 3.05) is 18.6 Å². The summed E-state index contributed by atoms with van der Waals surface area (Å²) in [6, 6.07) is 7.08. The molecular formula is C18H22F3NO3S. The van der Waals surface area contributed by atoms with Gasteiger partial charge in [0.1, 0.15) is 5.72 Å². The molecule has 1 aromatic rings. The number of benzene rings is 1. The second-order valence-electron chi connectivity index (χ2n) is 7.00. The van der Waals surface area contributed by atoms with Gasteiger partial charge in [0.2, 0.25) is 5.60 Å². The lowest BCUT2D eigenvalue weighted by atomic mass is 9.93. The summed E-state index contributed by atoms with van der Waals surface area (Å²) in [5.74, 6) is 0.127. The zero-order valence-corrected chi connectivity index (χ0v) is 15.7. The second-order valence-corrected chi connectivity index (χ2v) is 7.98. The molecule has 0 bridgehead atoms. The number of hydrogen-bond acceptors (Lipinski definition) is 4. The molecule has 2 fully saturated rings. The number of amides is 1. The molecule has 2 aliphatic heterocycles. The van der Waals surface area contributed by atoms with E-state index in [1.807, 2.05) is 6.26 Å². The number of thioether (sulfide) groups is 1. The molecule has 26 heavy (non-hydrogen) atoms. The highest BCUT2D eigenvalue weighted by Gasteiger charge is 2.78. The van der Waals surface area contributed by atoms with Crippen LogP contribution in [0.1, 0.15) is 25.8 Å².